The van der Waals surface area contributed by atoms with Crippen molar-refractivity contribution in [1.29, 1.82) is 0 Å². The standard InChI is InChI=1S/C13H16BrClFNO3S/c1-3-5-9(4-2)17-13(18)10-6-8(16)7-11(12(10)14)21(15,19)20/h6-7,9H,3-5H2,1-2H3,(H,17,18). The smallest absolute Gasteiger partial charge is 0.262 e. The molecule has 1 aromatic rings. The molecule has 0 aliphatic rings. The Bertz CT molecular complexity index is 637. The highest BCUT2D eigenvalue weighted by atomic mass is 79.9. The van der Waals surface area contributed by atoms with Crippen LogP contribution in [0.2, 0.25) is 0 Å². The maximum absolute atomic E-state index is 13.5. The van der Waals surface area contributed by atoms with Crippen molar-refractivity contribution in [1.82, 2.24) is 5.32 Å². The second-order valence-corrected chi connectivity index (χ2v) is 7.90. The predicted molar refractivity (Wildman–Crippen MR) is 83.6 cm³/mol. The van der Waals surface area contributed by atoms with Crippen molar-refractivity contribution < 1.29 is 17.6 Å². The second-order valence-electron chi connectivity index (χ2n) is 4.57. The summed E-state index contributed by atoms with van der Waals surface area (Å²) in [7, 11) is 1.09. The highest BCUT2D eigenvalue weighted by Crippen LogP contribution is 2.30. The van der Waals surface area contributed by atoms with E-state index < -0.39 is 25.7 Å². The molecule has 4 nitrogen and oxygen atoms in total. The lowest BCUT2D eigenvalue weighted by Crippen LogP contribution is -2.34. The summed E-state index contributed by atoms with van der Waals surface area (Å²) in [6, 6.07) is 1.70. The molecular weight excluding hydrogens is 385 g/mol. The number of carbonyl (C=O) groups excluding carboxylic acids is 1. The van der Waals surface area contributed by atoms with Gasteiger partial charge in [-0.2, -0.15) is 0 Å². The number of amides is 1. The molecule has 0 saturated heterocycles. The third kappa shape index (κ3) is 4.93. The number of carbonyl (C=O) groups is 1. The van der Waals surface area contributed by atoms with Crippen LogP contribution < -0.4 is 5.32 Å². The van der Waals surface area contributed by atoms with E-state index in [4.69, 9.17) is 10.7 Å². The zero-order valence-corrected chi connectivity index (χ0v) is 14.8. The summed E-state index contributed by atoms with van der Waals surface area (Å²) in [4.78, 5) is 11.7. The van der Waals surface area contributed by atoms with Crippen LogP contribution in [-0.4, -0.2) is 20.4 Å². The largest absolute Gasteiger partial charge is 0.349 e. The zero-order valence-electron chi connectivity index (χ0n) is 11.6. The Labute approximate surface area is 136 Å². The van der Waals surface area contributed by atoms with E-state index in [-0.39, 0.29) is 16.1 Å². The molecule has 0 spiro atoms. The Morgan fingerprint density at radius 1 is 1.43 bits per heavy atom. The van der Waals surface area contributed by atoms with Crippen molar-refractivity contribution in [3.05, 3.63) is 28.0 Å². The van der Waals surface area contributed by atoms with E-state index >= 15 is 0 Å². The van der Waals surface area contributed by atoms with Crippen LogP contribution in [0.3, 0.4) is 0 Å². The molecule has 1 N–H and O–H groups in total. The van der Waals surface area contributed by atoms with Crippen LogP contribution in [0.25, 0.3) is 0 Å². The van der Waals surface area contributed by atoms with Crippen LogP contribution in [0, 0.1) is 5.82 Å². The van der Waals surface area contributed by atoms with E-state index in [1.54, 1.807) is 0 Å². The fraction of sp³-hybridized carbons (Fsp3) is 0.462. The van der Waals surface area contributed by atoms with Crippen molar-refractivity contribution in [2.45, 2.75) is 44.0 Å². The van der Waals surface area contributed by atoms with Crippen molar-refractivity contribution in [3.63, 3.8) is 0 Å². The summed E-state index contributed by atoms with van der Waals surface area (Å²) in [6.07, 6.45) is 2.41. The molecule has 0 heterocycles. The van der Waals surface area contributed by atoms with E-state index in [9.17, 15) is 17.6 Å². The minimum atomic E-state index is -4.15. The Morgan fingerprint density at radius 2 is 2.05 bits per heavy atom. The van der Waals surface area contributed by atoms with Gasteiger partial charge in [0.2, 0.25) is 0 Å². The molecule has 0 fully saturated rings. The molecule has 0 saturated carbocycles. The maximum Gasteiger partial charge on any atom is 0.262 e. The zero-order chi connectivity index (χ0) is 16.2. The second kappa shape index (κ2) is 7.56. The quantitative estimate of drug-likeness (QED) is 0.738. The predicted octanol–water partition coefficient (Wildman–Crippen LogP) is 3.82. The van der Waals surface area contributed by atoms with Crippen LogP contribution >= 0.6 is 26.6 Å². The van der Waals surface area contributed by atoms with Gasteiger partial charge in [-0.05, 0) is 40.9 Å². The third-order valence-corrected chi connectivity index (χ3v) is 5.44. The van der Waals surface area contributed by atoms with E-state index in [2.05, 4.69) is 21.2 Å². The normalized spacial score (nSPS) is 13.0. The molecular formula is C13H16BrClFNO3S. The van der Waals surface area contributed by atoms with Crippen LogP contribution in [-0.2, 0) is 9.05 Å². The first-order chi connectivity index (χ1) is 9.70. The lowest BCUT2D eigenvalue weighted by molar-refractivity contribution is 0.0932. The molecule has 1 atom stereocenters. The summed E-state index contributed by atoms with van der Waals surface area (Å²) in [5.41, 5.74) is -0.0937. The highest BCUT2D eigenvalue weighted by molar-refractivity contribution is 9.10. The van der Waals surface area contributed by atoms with Crippen LogP contribution in [0.15, 0.2) is 21.5 Å². The van der Waals surface area contributed by atoms with Gasteiger partial charge in [0.25, 0.3) is 15.0 Å². The van der Waals surface area contributed by atoms with E-state index in [1.165, 1.54) is 0 Å². The number of rotatable bonds is 6. The van der Waals surface area contributed by atoms with Gasteiger partial charge in [-0.1, -0.05) is 20.3 Å². The topological polar surface area (TPSA) is 63.2 Å². The van der Waals surface area contributed by atoms with Gasteiger partial charge in [-0.3, -0.25) is 4.79 Å². The van der Waals surface area contributed by atoms with Gasteiger partial charge in [-0.15, -0.1) is 0 Å². The Morgan fingerprint density at radius 3 is 2.52 bits per heavy atom. The Balaban J connectivity index is 3.19. The van der Waals surface area contributed by atoms with Gasteiger partial charge >= 0.3 is 0 Å². The van der Waals surface area contributed by atoms with Gasteiger partial charge in [0.15, 0.2) is 0 Å². The molecule has 0 aromatic heterocycles. The molecule has 21 heavy (non-hydrogen) atoms. The molecule has 0 aliphatic carbocycles. The first kappa shape index (κ1) is 18.4. The van der Waals surface area contributed by atoms with Crippen LogP contribution in [0.1, 0.15) is 43.5 Å². The molecule has 1 unspecified atom stereocenters. The average Bonchev–Trinajstić information content (AvgIpc) is 2.39. The molecule has 118 valence electrons. The molecule has 0 aliphatic heterocycles. The number of halogens is 3. The average molecular weight is 401 g/mol. The summed E-state index contributed by atoms with van der Waals surface area (Å²) in [5, 5.41) is 2.76. The molecule has 1 aromatic carbocycles. The summed E-state index contributed by atoms with van der Waals surface area (Å²) < 4.78 is 36.3. The van der Waals surface area contributed by atoms with Crippen LogP contribution in [0.4, 0.5) is 4.39 Å². The molecule has 0 radical (unpaired) electrons. The molecule has 8 heteroatoms. The molecule has 1 rings (SSSR count). The Kier molecular flexibility index (Phi) is 6.62. The van der Waals surface area contributed by atoms with Crippen molar-refractivity contribution >= 4 is 41.6 Å². The minimum absolute atomic E-state index is 0.0391. The Hall–Kier alpha value is -0.660. The summed E-state index contributed by atoms with van der Waals surface area (Å²) in [6.45, 7) is 3.92. The van der Waals surface area contributed by atoms with Gasteiger partial charge in [-0.25, -0.2) is 12.8 Å². The number of hydrogen-bond donors (Lipinski definition) is 1. The first-order valence-corrected chi connectivity index (χ1v) is 9.55. The molecule has 1 amide bonds. The van der Waals surface area contributed by atoms with E-state index in [1.807, 2.05) is 13.8 Å². The van der Waals surface area contributed by atoms with E-state index in [0.717, 1.165) is 31.4 Å². The van der Waals surface area contributed by atoms with Gasteiger partial charge in [0.1, 0.15) is 10.7 Å². The maximum atomic E-state index is 13.5. The van der Waals surface area contributed by atoms with Crippen molar-refractivity contribution in [3.8, 4) is 0 Å². The summed E-state index contributed by atoms with van der Waals surface area (Å²) >= 11 is 3.01. The SMILES string of the molecule is CCCC(CC)NC(=O)c1cc(F)cc(S(=O)(=O)Cl)c1Br. The van der Waals surface area contributed by atoms with Crippen LogP contribution in [0.5, 0.6) is 0 Å². The van der Waals surface area contributed by atoms with Gasteiger partial charge in [0.05, 0.1) is 10.0 Å². The van der Waals surface area contributed by atoms with E-state index in [0.29, 0.717) is 0 Å². The summed E-state index contributed by atoms with van der Waals surface area (Å²) in [5.74, 6) is -1.38. The number of hydrogen-bond acceptors (Lipinski definition) is 3. The lowest BCUT2D eigenvalue weighted by Gasteiger charge is -2.17. The van der Waals surface area contributed by atoms with Crippen molar-refractivity contribution in [2.75, 3.05) is 0 Å². The first-order valence-electron chi connectivity index (χ1n) is 6.45. The third-order valence-electron chi connectivity index (χ3n) is 2.98. The van der Waals surface area contributed by atoms with Gasteiger partial charge in [0, 0.05) is 16.7 Å². The van der Waals surface area contributed by atoms with Crippen molar-refractivity contribution in [2.24, 2.45) is 0 Å². The molecule has 0 bridgehead atoms. The fourth-order valence-corrected chi connectivity index (χ4v) is 4.17. The monoisotopic (exact) mass is 399 g/mol. The fourth-order valence-electron chi connectivity index (χ4n) is 1.90. The van der Waals surface area contributed by atoms with Gasteiger partial charge < -0.3 is 5.32 Å². The lowest BCUT2D eigenvalue weighted by atomic mass is 10.1. The number of benzene rings is 1. The number of nitrogens with one attached hydrogen (secondary N) is 1. The highest BCUT2D eigenvalue weighted by Gasteiger charge is 2.23. The minimum Gasteiger partial charge on any atom is -0.349 e.